The van der Waals surface area contributed by atoms with Crippen molar-refractivity contribution in [3.8, 4) is 0 Å². The van der Waals surface area contributed by atoms with Gasteiger partial charge < -0.3 is 15.5 Å². The number of anilines is 1. The van der Waals surface area contributed by atoms with Crippen LogP contribution in [0.15, 0.2) is 22.8 Å². The van der Waals surface area contributed by atoms with Crippen LogP contribution in [0.2, 0.25) is 0 Å². The third-order valence-corrected chi connectivity index (χ3v) is 4.23. The van der Waals surface area contributed by atoms with E-state index in [1.165, 1.54) is 0 Å². The van der Waals surface area contributed by atoms with Crippen LogP contribution in [0.4, 0.5) is 5.82 Å². The lowest BCUT2D eigenvalue weighted by molar-refractivity contribution is -0.131. The first-order valence-electron chi connectivity index (χ1n) is 7.55. The molecule has 5 nitrogen and oxygen atoms in total. The van der Waals surface area contributed by atoms with E-state index in [1.54, 1.807) is 0 Å². The minimum Gasteiger partial charge on any atom is -0.353 e. The van der Waals surface area contributed by atoms with E-state index in [1.807, 2.05) is 23.2 Å². The summed E-state index contributed by atoms with van der Waals surface area (Å²) in [6, 6.07) is 4.01. The molecular weight excluding hydrogens is 332 g/mol. The van der Waals surface area contributed by atoms with Crippen LogP contribution in [0, 0.1) is 0 Å². The van der Waals surface area contributed by atoms with Crippen molar-refractivity contribution in [2.24, 2.45) is 5.73 Å². The van der Waals surface area contributed by atoms with E-state index in [-0.39, 0.29) is 5.91 Å². The fourth-order valence-electron chi connectivity index (χ4n) is 2.50. The highest BCUT2D eigenvalue weighted by atomic mass is 79.9. The predicted molar refractivity (Wildman–Crippen MR) is 88.3 cm³/mol. The molecule has 1 aliphatic heterocycles. The normalized spacial score (nSPS) is 15.3. The molecule has 1 aliphatic rings. The van der Waals surface area contributed by atoms with Gasteiger partial charge in [-0.15, -0.1) is 0 Å². The van der Waals surface area contributed by atoms with Crippen molar-refractivity contribution < 1.29 is 4.79 Å². The maximum atomic E-state index is 12.1. The van der Waals surface area contributed by atoms with Gasteiger partial charge in [-0.05, 0) is 47.4 Å². The van der Waals surface area contributed by atoms with Crippen molar-refractivity contribution in [2.75, 3.05) is 37.6 Å². The maximum absolute atomic E-state index is 12.1. The lowest BCUT2D eigenvalue weighted by atomic mass is 10.1. The average Bonchev–Trinajstić information content (AvgIpc) is 2.52. The number of pyridine rings is 1. The molecule has 6 heteroatoms. The van der Waals surface area contributed by atoms with Crippen molar-refractivity contribution >= 4 is 27.7 Å². The van der Waals surface area contributed by atoms with Crippen molar-refractivity contribution in [3.05, 3.63) is 22.8 Å². The molecule has 2 N–H and O–H groups in total. The van der Waals surface area contributed by atoms with Gasteiger partial charge in [0.25, 0.3) is 0 Å². The van der Waals surface area contributed by atoms with Gasteiger partial charge in [-0.1, -0.05) is 6.42 Å². The average molecular weight is 355 g/mol. The Morgan fingerprint density at radius 2 is 1.95 bits per heavy atom. The Bertz CT molecular complexity index is 443. The Hall–Kier alpha value is -1.14. The summed E-state index contributed by atoms with van der Waals surface area (Å²) in [5, 5.41) is 0. The van der Waals surface area contributed by atoms with Gasteiger partial charge in [-0.2, -0.15) is 0 Å². The number of aromatic nitrogens is 1. The van der Waals surface area contributed by atoms with Gasteiger partial charge >= 0.3 is 0 Å². The molecule has 0 radical (unpaired) electrons. The minimum atomic E-state index is 0.274. The summed E-state index contributed by atoms with van der Waals surface area (Å²) in [5.74, 6) is 1.25. The first kappa shape index (κ1) is 16.2. The van der Waals surface area contributed by atoms with Gasteiger partial charge in [-0.3, -0.25) is 4.79 Å². The standard InChI is InChI=1S/C15H23BrN4O/c16-13-5-6-14(18-12-13)19-8-10-20(11-9-19)15(21)4-2-1-3-7-17/h5-6,12H,1-4,7-11,17H2. The molecule has 0 saturated carbocycles. The topological polar surface area (TPSA) is 62.5 Å². The van der Waals surface area contributed by atoms with Crippen LogP contribution in [0.25, 0.3) is 0 Å². The van der Waals surface area contributed by atoms with Gasteiger partial charge in [0.15, 0.2) is 0 Å². The Balaban J connectivity index is 1.75. The second kappa shape index (κ2) is 8.34. The predicted octanol–water partition coefficient (Wildman–Crippen LogP) is 2.01. The first-order chi connectivity index (χ1) is 10.2. The summed E-state index contributed by atoms with van der Waals surface area (Å²) in [4.78, 5) is 20.7. The van der Waals surface area contributed by atoms with Crippen molar-refractivity contribution in [2.45, 2.75) is 25.7 Å². The van der Waals surface area contributed by atoms with Crippen molar-refractivity contribution in [1.82, 2.24) is 9.88 Å². The lowest BCUT2D eigenvalue weighted by Crippen LogP contribution is -2.49. The summed E-state index contributed by atoms with van der Waals surface area (Å²) in [6.07, 6.45) is 5.46. The van der Waals surface area contributed by atoms with E-state index in [0.717, 1.165) is 55.7 Å². The van der Waals surface area contributed by atoms with E-state index in [2.05, 4.69) is 25.8 Å². The number of rotatable bonds is 6. The molecule has 2 heterocycles. The van der Waals surface area contributed by atoms with Gasteiger partial charge in [0.2, 0.25) is 5.91 Å². The highest BCUT2D eigenvalue weighted by Crippen LogP contribution is 2.17. The summed E-state index contributed by atoms with van der Waals surface area (Å²) >= 11 is 3.39. The zero-order chi connectivity index (χ0) is 15.1. The van der Waals surface area contributed by atoms with E-state index < -0.39 is 0 Å². The van der Waals surface area contributed by atoms with E-state index in [0.29, 0.717) is 13.0 Å². The Morgan fingerprint density at radius 1 is 1.19 bits per heavy atom. The molecule has 116 valence electrons. The highest BCUT2D eigenvalue weighted by Gasteiger charge is 2.21. The molecule has 2 rings (SSSR count). The monoisotopic (exact) mass is 354 g/mol. The Morgan fingerprint density at radius 3 is 2.57 bits per heavy atom. The number of piperazine rings is 1. The third kappa shape index (κ3) is 4.97. The summed E-state index contributed by atoms with van der Waals surface area (Å²) in [7, 11) is 0. The maximum Gasteiger partial charge on any atom is 0.222 e. The number of unbranched alkanes of at least 4 members (excludes halogenated alkanes) is 2. The largest absolute Gasteiger partial charge is 0.353 e. The quantitative estimate of drug-likeness (QED) is 0.793. The number of nitrogens with zero attached hydrogens (tertiary/aromatic N) is 3. The van der Waals surface area contributed by atoms with Gasteiger partial charge in [0.1, 0.15) is 5.82 Å². The molecular formula is C15H23BrN4O. The molecule has 1 amide bonds. The Kier molecular flexibility index (Phi) is 6.45. The van der Waals surface area contributed by atoms with Crippen LogP contribution < -0.4 is 10.6 Å². The van der Waals surface area contributed by atoms with Crippen molar-refractivity contribution in [1.29, 1.82) is 0 Å². The van der Waals surface area contributed by atoms with Crippen LogP contribution in [-0.4, -0.2) is 48.5 Å². The second-order valence-electron chi connectivity index (χ2n) is 5.30. The third-order valence-electron chi connectivity index (χ3n) is 3.76. The first-order valence-corrected chi connectivity index (χ1v) is 8.34. The van der Waals surface area contributed by atoms with Crippen LogP contribution in [-0.2, 0) is 4.79 Å². The number of carbonyl (C=O) groups is 1. The fraction of sp³-hybridized carbons (Fsp3) is 0.600. The number of amides is 1. The summed E-state index contributed by atoms with van der Waals surface area (Å²) in [5.41, 5.74) is 5.46. The number of nitrogens with two attached hydrogens (primary N) is 1. The Labute approximate surface area is 134 Å². The molecule has 1 aromatic heterocycles. The summed E-state index contributed by atoms with van der Waals surface area (Å²) < 4.78 is 0.984. The molecule has 0 aliphatic carbocycles. The molecule has 21 heavy (non-hydrogen) atoms. The smallest absolute Gasteiger partial charge is 0.222 e. The van der Waals surface area contributed by atoms with E-state index in [9.17, 15) is 4.79 Å². The van der Waals surface area contributed by atoms with E-state index in [4.69, 9.17) is 5.73 Å². The summed E-state index contributed by atoms with van der Waals surface area (Å²) in [6.45, 7) is 3.99. The molecule has 0 spiro atoms. The molecule has 0 bridgehead atoms. The van der Waals surface area contributed by atoms with Crippen LogP contribution in [0.3, 0.4) is 0 Å². The number of halogens is 1. The highest BCUT2D eigenvalue weighted by molar-refractivity contribution is 9.10. The number of hydrogen-bond acceptors (Lipinski definition) is 4. The molecule has 0 atom stereocenters. The molecule has 1 aromatic rings. The SMILES string of the molecule is NCCCCCC(=O)N1CCN(c2ccc(Br)cn2)CC1. The van der Waals surface area contributed by atoms with Crippen molar-refractivity contribution in [3.63, 3.8) is 0 Å². The lowest BCUT2D eigenvalue weighted by Gasteiger charge is -2.35. The molecule has 0 unspecified atom stereocenters. The number of hydrogen-bond donors (Lipinski definition) is 1. The molecule has 1 saturated heterocycles. The second-order valence-corrected chi connectivity index (χ2v) is 6.22. The van der Waals surface area contributed by atoms with Crippen LogP contribution >= 0.6 is 15.9 Å². The fourth-order valence-corrected chi connectivity index (χ4v) is 2.73. The van der Waals surface area contributed by atoms with Gasteiger partial charge in [-0.25, -0.2) is 4.98 Å². The minimum absolute atomic E-state index is 0.274. The molecule has 1 fully saturated rings. The molecule has 0 aromatic carbocycles. The zero-order valence-electron chi connectivity index (χ0n) is 12.3. The van der Waals surface area contributed by atoms with Gasteiger partial charge in [0.05, 0.1) is 0 Å². The van der Waals surface area contributed by atoms with Gasteiger partial charge in [0, 0.05) is 43.3 Å². The number of carbonyl (C=O) groups excluding carboxylic acids is 1. The van der Waals surface area contributed by atoms with E-state index >= 15 is 0 Å². The van der Waals surface area contributed by atoms with Crippen LogP contribution in [0.5, 0.6) is 0 Å². The van der Waals surface area contributed by atoms with Crippen LogP contribution in [0.1, 0.15) is 25.7 Å². The zero-order valence-corrected chi connectivity index (χ0v) is 13.9.